The molecule has 1 fully saturated rings. The van der Waals surface area contributed by atoms with Crippen molar-refractivity contribution in [3.8, 4) is 0 Å². The highest BCUT2D eigenvalue weighted by Crippen LogP contribution is 2.38. The van der Waals surface area contributed by atoms with Gasteiger partial charge in [0, 0.05) is 24.3 Å². The number of hydrogen-bond acceptors (Lipinski definition) is 2. The molecule has 1 aliphatic carbocycles. The van der Waals surface area contributed by atoms with Crippen molar-refractivity contribution in [2.75, 3.05) is 19.3 Å². The highest BCUT2D eigenvalue weighted by molar-refractivity contribution is 6.31. The third-order valence-corrected chi connectivity index (χ3v) is 3.61. The lowest BCUT2D eigenvalue weighted by Gasteiger charge is -2.18. The summed E-state index contributed by atoms with van der Waals surface area (Å²) in [7, 11) is 1.81. The van der Waals surface area contributed by atoms with Gasteiger partial charge in [-0.2, -0.15) is 0 Å². The van der Waals surface area contributed by atoms with Gasteiger partial charge in [-0.1, -0.05) is 18.5 Å². The van der Waals surface area contributed by atoms with E-state index < -0.39 is 0 Å². The van der Waals surface area contributed by atoms with E-state index in [1.165, 1.54) is 6.42 Å². The van der Waals surface area contributed by atoms with E-state index in [-0.39, 0.29) is 5.91 Å². The summed E-state index contributed by atoms with van der Waals surface area (Å²) in [6.07, 6.45) is 1.21. The largest absolute Gasteiger partial charge is 0.398 e. The Morgan fingerprint density at radius 1 is 1.59 bits per heavy atom. The van der Waals surface area contributed by atoms with Crippen LogP contribution >= 0.6 is 11.6 Å². The zero-order valence-corrected chi connectivity index (χ0v) is 10.9. The molecule has 2 unspecified atom stereocenters. The van der Waals surface area contributed by atoms with Crippen LogP contribution in [0, 0.1) is 11.8 Å². The third-order valence-electron chi connectivity index (χ3n) is 3.38. The molecule has 0 spiro atoms. The molecule has 2 N–H and O–H groups in total. The van der Waals surface area contributed by atoms with Crippen molar-refractivity contribution in [3.05, 3.63) is 28.8 Å². The Kier molecular flexibility index (Phi) is 3.29. The third kappa shape index (κ3) is 2.72. The summed E-state index contributed by atoms with van der Waals surface area (Å²) in [4.78, 5) is 13.9. The van der Waals surface area contributed by atoms with Crippen LogP contribution in [-0.2, 0) is 0 Å². The molecule has 3 nitrogen and oxygen atoms in total. The number of nitrogens with two attached hydrogens (primary N) is 1. The van der Waals surface area contributed by atoms with Gasteiger partial charge in [0.1, 0.15) is 0 Å². The molecular weight excluding hydrogens is 236 g/mol. The fraction of sp³-hybridized carbons (Fsp3) is 0.462. The molecule has 0 heterocycles. The topological polar surface area (TPSA) is 46.3 Å². The normalized spacial score (nSPS) is 22.3. The van der Waals surface area contributed by atoms with Crippen molar-refractivity contribution in [1.29, 1.82) is 0 Å². The summed E-state index contributed by atoms with van der Waals surface area (Å²) in [5.41, 5.74) is 6.77. The minimum atomic E-state index is -0.0518. The smallest absolute Gasteiger partial charge is 0.255 e. The Bertz CT molecular complexity index is 447. The fourth-order valence-corrected chi connectivity index (χ4v) is 2.18. The number of benzene rings is 1. The number of carbonyl (C=O) groups excluding carboxylic acids is 1. The van der Waals surface area contributed by atoms with Crippen molar-refractivity contribution in [2.45, 2.75) is 13.3 Å². The van der Waals surface area contributed by atoms with Crippen LogP contribution in [0.25, 0.3) is 0 Å². The van der Waals surface area contributed by atoms with Gasteiger partial charge in [0.25, 0.3) is 5.91 Å². The Morgan fingerprint density at radius 3 is 2.82 bits per heavy atom. The SMILES string of the molecule is CC1CC1CN(C)C(=O)c1cc(Cl)ccc1N. The maximum atomic E-state index is 12.2. The molecule has 1 amide bonds. The van der Waals surface area contributed by atoms with Crippen molar-refractivity contribution in [2.24, 2.45) is 11.8 Å². The summed E-state index contributed by atoms with van der Waals surface area (Å²) in [6.45, 7) is 3.00. The minimum absolute atomic E-state index is 0.0518. The van der Waals surface area contributed by atoms with Crippen LogP contribution in [0.1, 0.15) is 23.7 Å². The number of nitrogens with zero attached hydrogens (tertiary/aromatic N) is 1. The lowest BCUT2D eigenvalue weighted by atomic mass is 10.1. The highest BCUT2D eigenvalue weighted by Gasteiger charge is 2.34. The molecule has 2 atom stereocenters. The van der Waals surface area contributed by atoms with E-state index in [0.717, 1.165) is 12.5 Å². The second kappa shape index (κ2) is 4.57. The number of anilines is 1. The molecule has 0 aliphatic heterocycles. The van der Waals surface area contributed by atoms with Crippen molar-refractivity contribution >= 4 is 23.2 Å². The Balaban J connectivity index is 2.10. The maximum Gasteiger partial charge on any atom is 0.255 e. The molecule has 1 aromatic carbocycles. The predicted molar refractivity (Wildman–Crippen MR) is 70.1 cm³/mol. The predicted octanol–water partition coefficient (Wildman–Crippen LogP) is 2.65. The second-order valence-corrected chi connectivity index (χ2v) is 5.33. The first-order chi connectivity index (χ1) is 7.99. The van der Waals surface area contributed by atoms with Crippen molar-refractivity contribution < 1.29 is 4.79 Å². The summed E-state index contributed by atoms with van der Waals surface area (Å²) in [6, 6.07) is 4.99. The molecule has 1 aromatic rings. The number of hydrogen-bond donors (Lipinski definition) is 1. The molecule has 17 heavy (non-hydrogen) atoms. The summed E-state index contributed by atoms with van der Waals surface area (Å²) >= 11 is 5.88. The fourth-order valence-electron chi connectivity index (χ4n) is 2.01. The molecule has 2 rings (SSSR count). The standard InChI is InChI=1S/C13H17ClN2O/c1-8-5-9(8)7-16(2)13(17)11-6-10(14)3-4-12(11)15/h3-4,6,8-9H,5,7,15H2,1-2H3. The van der Waals surface area contributed by atoms with Gasteiger partial charge < -0.3 is 10.6 Å². The van der Waals surface area contributed by atoms with Crippen molar-refractivity contribution in [1.82, 2.24) is 4.90 Å². The van der Waals surface area contributed by atoms with Gasteiger partial charge in [-0.3, -0.25) is 4.79 Å². The van der Waals surface area contributed by atoms with Gasteiger partial charge in [0.2, 0.25) is 0 Å². The average Bonchev–Trinajstić information content (AvgIpc) is 2.96. The lowest BCUT2D eigenvalue weighted by molar-refractivity contribution is 0.0788. The molecule has 92 valence electrons. The van der Waals surface area contributed by atoms with Crippen LogP contribution in [0.3, 0.4) is 0 Å². The van der Waals surface area contributed by atoms with E-state index in [9.17, 15) is 4.79 Å². The average molecular weight is 253 g/mol. The maximum absolute atomic E-state index is 12.2. The molecule has 0 saturated heterocycles. The number of halogens is 1. The van der Waals surface area contributed by atoms with Gasteiger partial charge in [-0.05, 0) is 36.5 Å². The first-order valence-electron chi connectivity index (χ1n) is 5.79. The first kappa shape index (κ1) is 12.2. The quantitative estimate of drug-likeness (QED) is 0.841. The lowest BCUT2D eigenvalue weighted by Crippen LogP contribution is -2.29. The van der Waals surface area contributed by atoms with Gasteiger partial charge >= 0.3 is 0 Å². The first-order valence-corrected chi connectivity index (χ1v) is 6.17. The molecule has 4 heteroatoms. The Labute approximate surface area is 107 Å². The van der Waals surface area contributed by atoms with Crippen LogP contribution in [0.2, 0.25) is 5.02 Å². The highest BCUT2D eigenvalue weighted by atomic mass is 35.5. The van der Waals surface area contributed by atoms with E-state index in [1.54, 1.807) is 23.1 Å². The molecule has 1 saturated carbocycles. The monoisotopic (exact) mass is 252 g/mol. The van der Waals surface area contributed by atoms with Crippen LogP contribution < -0.4 is 5.73 Å². The Hall–Kier alpha value is -1.22. The zero-order chi connectivity index (χ0) is 12.6. The zero-order valence-electron chi connectivity index (χ0n) is 10.1. The summed E-state index contributed by atoms with van der Waals surface area (Å²) < 4.78 is 0. The number of carbonyl (C=O) groups is 1. The van der Waals surface area contributed by atoms with E-state index in [1.807, 2.05) is 7.05 Å². The van der Waals surface area contributed by atoms with Crippen LogP contribution in [0.15, 0.2) is 18.2 Å². The van der Waals surface area contributed by atoms with Crippen molar-refractivity contribution in [3.63, 3.8) is 0 Å². The molecule has 0 radical (unpaired) electrons. The number of nitrogen functional groups attached to an aromatic ring is 1. The van der Waals surface area contributed by atoms with Gasteiger partial charge in [0.15, 0.2) is 0 Å². The van der Waals surface area contributed by atoms with E-state index in [0.29, 0.717) is 22.2 Å². The molecule has 0 aromatic heterocycles. The van der Waals surface area contributed by atoms with Crippen LogP contribution in [0.5, 0.6) is 0 Å². The number of rotatable bonds is 3. The Morgan fingerprint density at radius 2 is 2.24 bits per heavy atom. The van der Waals surface area contributed by atoms with E-state index in [2.05, 4.69) is 6.92 Å². The van der Waals surface area contributed by atoms with Gasteiger partial charge in [-0.15, -0.1) is 0 Å². The molecule has 1 aliphatic rings. The van der Waals surface area contributed by atoms with Gasteiger partial charge in [0.05, 0.1) is 5.56 Å². The minimum Gasteiger partial charge on any atom is -0.398 e. The van der Waals surface area contributed by atoms with Crippen LogP contribution in [0.4, 0.5) is 5.69 Å². The summed E-state index contributed by atoms with van der Waals surface area (Å²) in [5, 5.41) is 0.538. The second-order valence-electron chi connectivity index (χ2n) is 4.89. The van der Waals surface area contributed by atoms with E-state index >= 15 is 0 Å². The van der Waals surface area contributed by atoms with Gasteiger partial charge in [-0.25, -0.2) is 0 Å². The molecular formula is C13H17ClN2O. The number of amides is 1. The molecule has 0 bridgehead atoms. The van der Waals surface area contributed by atoms with E-state index in [4.69, 9.17) is 17.3 Å². The summed E-state index contributed by atoms with van der Waals surface area (Å²) in [5.74, 6) is 1.33. The van der Waals surface area contributed by atoms with Crippen LogP contribution in [-0.4, -0.2) is 24.4 Å².